The Labute approximate surface area is 70.6 Å². The highest BCUT2D eigenvalue weighted by atomic mass is 35.5. The van der Waals surface area contributed by atoms with Gasteiger partial charge in [-0.05, 0) is 0 Å². The lowest BCUT2D eigenvalue weighted by Gasteiger charge is -2.08. The van der Waals surface area contributed by atoms with Gasteiger partial charge in [-0.2, -0.15) is 0 Å². The van der Waals surface area contributed by atoms with Crippen molar-refractivity contribution in [1.29, 1.82) is 0 Å². The third-order valence-electron chi connectivity index (χ3n) is 1.48. The van der Waals surface area contributed by atoms with Crippen LogP contribution in [-0.4, -0.2) is 31.2 Å². The molecule has 1 heterocycles. The molecule has 64 valence electrons. The van der Waals surface area contributed by atoms with Crippen molar-refractivity contribution in [2.75, 3.05) is 19.1 Å². The molecule has 0 N–H and O–H groups in total. The minimum Gasteiger partial charge on any atom is -0.460 e. The van der Waals surface area contributed by atoms with E-state index in [1.165, 1.54) is 0 Å². The molecular formula is C7H11ClO3. The summed E-state index contributed by atoms with van der Waals surface area (Å²) in [5, 5.41) is 0. The number of hydrogen-bond donors (Lipinski definition) is 0. The number of hydrogen-bond acceptors (Lipinski definition) is 3. The topological polar surface area (TPSA) is 35.5 Å². The number of rotatable bonds is 3. The first-order valence-corrected chi connectivity index (χ1v) is 4.19. The van der Waals surface area contributed by atoms with E-state index in [-0.39, 0.29) is 18.5 Å². The van der Waals surface area contributed by atoms with Gasteiger partial charge < -0.3 is 9.47 Å². The van der Waals surface area contributed by atoms with E-state index in [2.05, 4.69) is 0 Å². The largest absolute Gasteiger partial charge is 0.460 e. The molecule has 1 saturated heterocycles. The first kappa shape index (κ1) is 8.81. The summed E-state index contributed by atoms with van der Waals surface area (Å²) in [7, 11) is 0. The maximum absolute atomic E-state index is 10.8. The summed E-state index contributed by atoms with van der Waals surface area (Å²) in [5.74, 6) is 0.0994. The van der Waals surface area contributed by atoms with Crippen LogP contribution < -0.4 is 0 Å². The van der Waals surface area contributed by atoms with E-state index in [4.69, 9.17) is 21.1 Å². The number of halogens is 1. The molecule has 1 aliphatic heterocycles. The van der Waals surface area contributed by atoms with Crippen molar-refractivity contribution in [3.05, 3.63) is 0 Å². The number of ether oxygens (including phenoxy) is 2. The summed E-state index contributed by atoms with van der Waals surface area (Å²) in [6.45, 7) is 1.23. The fourth-order valence-corrected chi connectivity index (χ4v) is 1.08. The van der Waals surface area contributed by atoms with Crippen molar-refractivity contribution in [3.63, 3.8) is 0 Å². The van der Waals surface area contributed by atoms with Gasteiger partial charge in [0.2, 0.25) is 0 Å². The Bertz CT molecular complexity index is 132. The van der Waals surface area contributed by atoms with Crippen LogP contribution in [0.15, 0.2) is 0 Å². The van der Waals surface area contributed by atoms with Gasteiger partial charge in [0.15, 0.2) is 0 Å². The second-order valence-corrected chi connectivity index (χ2v) is 2.79. The van der Waals surface area contributed by atoms with E-state index in [1.54, 1.807) is 0 Å². The van der Waals surface area contributed by atoms with Crippen LogP contribution in [0.5, 0.6) is 0 Å². The van der Waals surface area contributed by atoms with Gasteiger partial charge in [0, 0.05) is 12.3 Å². The van der Waals surface area contributed by atoms with Crippen molar-refractivity contribution >= 4 is 17.6 Å². The molecule has 0 amide bonds. The molecule has 0 radical (unpaired) electrons. The van der Waals surface area contributed by atoms with Gasteiger partial charge in [0.25, 0.3) is 0 Å². The van der Waals surface area contributed by atoms with E-state index in [0.29, 0.717) is 19.1 Å². The second kappa shape index (κ2) is 4.57. The van der Waals surface area contributed by atoms with Gasteiger partial charge in [-0.25, -0.2) is 0 Å². The second-order valence-electron chi connectivity index (χ2n) is 2.41. The van der Waals surface area contributed by atoms with E-state index >= 15 is 0 Å². The molecule has 1 fully saturated rings. The first-order valence-electron chi connectivity index (χ1n) is 3.66. The Morgan fingerprint density at radius 1 is 1.73 bits per heavy atom. The number of carbonyl (C=O) groups excluding carboxylic acids is 1. The van der Waals surface area contributed by atoms with Crippen LogP contribution in [0.25, 0.3) is 0 Å². The Balaban J connectivity index is 2.13. The lowest BCUT2D eigenvalue weighted by Crippen LogP contribution is -2.17. The highest BCUT2D eigenvalue weighted by Crippen LogP contribution is 2.08. The summed E-state index contributed by atoms with van der Waals surface area (Å²) in [6, 6.07) is 0. The van der Waals surface area contributed by atoms with Crippen molar-refractivity contribution < 1.29 is 14.3 Å². The molecule has 0 aliphatic carbocycles. The monoisotopic (exact) mass is 178 g/mol. The third kappa shape index (κ3) is 3.08. The molecular weight excluding hydrogens is 168 g/mol. The molecule has 0 aromatic heterocycles. The standard InChI is InChI=1S/C7H11ClO3/c8-3-1-7(9)11-6-2-4-10-5-6/h6H,1-5H2. The quantitative estimate of drug-likeness (QED) is 0.477. The molecule has 1 atom stereocenters. The Morgan fingerprint density at radius 3 is 3.09 bits per heavy atom. The average molecular weight is 179 g/mol. The van der Waals surface area contributed by atoms with Crippen LogP contribution in [0.2, 0.25) is 0 Å². The van der Waals surface area contributed by atoms with E-state index < -0.39 is 0 Å². The Kier molecular flexibility index (Phi) is 3.66. The summed E-state index contributed by atoms with van der Waals surface area (Å²) >= 11 is 5.35. The molecule has 0 saturated carbocycles. The lowest BCUT2D eigenvalue weighted by atomic mass is 10.3. The molecule has 11 heavy (non-hydrogen) atoms. The SMILES string of the molecule is O=C(CCCl)OC1CCOC1. The van der Waals surface area contributed by atoms with E-state index in [1.807, 2.05) is 0 Å². The van der Waals surface area contributed by atoms with Crippen LogP contribution in [0, 0.1) is 0 Å². The third-order valence-corrected chi connectivity index (χ3v) is 1.67. The van der Waals surface area contributed by atoms with Crippen molar-refractivity contribution in [2.45, 2.75) is 18.9 Å². The smallest absolute Gasteiger partial charge is 0.307 e. The Hall–Kier alpha value is -0.280. The van der Waals surface area contributed by atoms with Gasteiger partial charge in [-0.3, -0.25) is 4.79 Å². The molecule has 0 aromatic carbocycles. The number of esters is 1. The zero-order valence-corrected chi connectivity index (χ0v) is 6.97. The van der Waals surface area contributed by atoms with Gasteiger partial charge in [-0.1, -0.05) is 0 Å². The number of carbonyl (C=O) groups is 1. The minimum absolute atomic E-state index is 0.0364. The van der Waals surface area contributed by atoms with Gasteiger partial charge in [0.05, 0.1) is 19.6 Å². The molecule has 0 spiro atoms. The van der Waals surface area contributed by atoms with Gasteiger partial charge in [0.1, 0.15) is 6.10 Å². The summed E-state index contributed by atoms with van der Waals surface area (Å²) < 4.78 is 10.0. The number of alkyl halides is 1. The van der Waals surface area contributed by atoms with Crippen LogP contribution in [0.3, 0.4) is 0 Å². The first-order chi connectivity index (χ1) is 5.33. The summed E-state index contributed by atoms with van der Waals surface area (Å²) in [6.07, 6.45) is 1.07. The van der Waals surface area contributed by atoms with Crippen LogP contribution in [0.1, 0.15) is 12.8 Å². The normalized spacial score (nSPS) is 23.5. The van der Waals surface area contributed by atoms with Crippen molar-refractivity contribution in [2.24, 2.45) is 0 Å². The molecule has 1 rings (SSSR count). The van der Waals surface area contributed by atoms with Crippen LogP contribution in [0.4, 0.5) is 0 Å². The van der Waals surface area contributed by atoms with Gasteiger partial charge in [-0.15, -0.1) is 11.6 Å². The fourth-order valence-electron chi connectivity index (χ4n) is 0.928. The van der Waals surface area contributed by atoms with Crippen molar-refractivity contribution in [1.82, 2.24) is 0 Å². The Morgan fingerprint density at radius 2 is 2.55 bits per heavy atom. The van der Waals surface area contributed by atoms with Crippen LogP contribution >= 0.6 is 11.6 Å². The molecule has 1 unspecified atom stereocenters. The van der Waals surface area contributed by atoms with E-state index in [9.17, 15) is 4.79 Å². The summed E-state index contributed by atoms with van der Waals surface area (Å²) in [4.78, 5) is 10.8. The summed E-state index contributed by atoms with van der Waals surface area (Å²) in [5.41, 5.74) is 0. The van der Waals surface area contributed by atoms with Crippen LogP contribution in [-0.2, 0) is 14.3 Å². The predicted molar refractivity (Wildman–Crippen MR) is 40.7 cm³/mol. The molecule has 3 nitrogen and oxygen atoms in total. The average Bonchev–Trinajstić information content (AvgIpc) is 2.40. The maximum atomic E-state index is 10.8. The molecule has 1 aliphatic rings. The lowest BCUT2D eigenvalue weighted by molar-refractivity contribution is -0.148. The minimum atomic E-state index is -0.226. The highest BCUT2D eigenvalue weighted by Gasteiger charge is 2.19. The molecule has 0 bridgehead atoms. The zero-order chi connectivity index (χ0) is 8.10. The fraction of sp³-hybridized carbons (Fsp3) is 0.857. The van der Waals surface area contributed by atoms with E-state index in [0.717, 1.165) is 6.42 Å². The predicted octanol–water partition coefficient (Wildman–Crippen LogP) is 0.947. The molecule has 4 heteroatoms. The molecule has 0 aromatic rings. The van der Waals surface area contributed by atoms with Gasteiger partial charge >= 0.3 is 5.97 Å². The zero-order valence-electron chi connectivity index (χ0n) is 6.22. The van der Waals surface area contributed by atoms with Crippen molar-refractivity contribution in [3.8, 4) is 0 Å². The maximum Gasteiger partial charge on any atom is 0.307 e. The highest BCUT2D eigenvalue weighted by molar-refractivity contribution is 6.18.